The molecule has 0 saturated carbocycles. The molecule has 0 aliphatic rings. The summed E-state index contributed by atoms with van der Waals surface area (Å²) in [7, 11) is 0. The van der Waals surface area contributed by atoms with Crippen molar-refractivity contribution >= 4 is 17.5 Å². The van der Waals surface area contributed by atoms with Crippen LogP contribution in [0.5, 0.6) is 11.8 Å². The molecule has 2 aromatic rings. The molecule has 0 radical (unpaired) electrons. The summed E-state index contributed by atoms with van der Waals surface area (Å²) in [4.78, 5) is 14.2. The zero-order valence-electron chi connectivity index (χ0n) is 11.7. The monoisotopic (exact) mass is 303 g/mol. The lowest BCUT2D eigenvalue weighted by molar-refractivity contribution is 0.439. The van der Waals surface area contributed by atoms with E-state index < -0.39 is 0 Å². The van der Waals surface area contributed by atoms with Crippen molar-refractivity contribution in [2.75, 3.05) is 18.0 Å². The largest absolute Gasteiger partial charge is 0.424 e. The Hall–Kier alpha value is -2.39. The lowest BCUT2D eigenvalue weighted by Crippen LogP contribution is -2.24. The summed E-state index contributed by atoms with van der Waals surface area (Å²) in [6, 6.07) is 8.83. The second-order valence-corrected chi connectivity index (χ2v) is 4.44. The summed E-state index contributed by atoms with van der Waals surface area (Å²) in [6.45, 7) is 5.52. The summed E-state index contributed by atoms with van der Waals surface area (Å²) in [6.07, 6.45) is 0. The zero-order chi connectivity index (χ0) is 15.2. The maximum Gasteiger partial charge on any atom is 0.328 e. The van der Waals surface area contributed by atoms with Crippen molar-refractivity contribution in [2.45, 2.75) is 13.8 Å². The van der Waals surface area contributed by atoms with Crippen molar-refractivity contribution in [1.82, 2.24) is 15.0 Å². The normalized spacial score (nSPS) is 10.0. The molecule has 1 aromatic heterocycles. The molecule has 0 saturated heterocycles. The molecule has 21 heavy (non-hydrogen) atoms. The van der Waals surface area contributed by atoms with Crippen molar-refractivity contribution in [3.63, 3.8) is 0 Å². The first-order valence-corrected chi connectivity index (χ1v) is 6.88. The Morgan fingerprint density at radius 3 is 2.38 bits per heavy atom. The fourth-order valence-electron chi connectivity index (χ4n) is 1.72. The van der Waals surface area contributed by atoms with E-state index in [4.69, 9.17) is 21.6 Å². The third-order valence-corrected chi connectivity index (χ3v) is 2.98. The van der Waals surface area contributed by atoms with Crippen LogP contribution in [0.4, 0.5) is 5.95 Å². The topological polar surface area (TPSA) is 74.9 Å². The molecular formula is C14H14ClN5O. The van der Waals surface area contributed by atoms with Crippen molar-refractivity contribution in [3.05, 3.63) is 35.1 Å². The number of aromatic nitrogens is 3. The Labute approximate surface area is 128 Å². The standard InChI is InChI=1S/C14H14ClN5O/c1-3-20(4-2)13-17-12(15)18-14(19-13)21-11-7-5-10(9-16)6-8-11/h5-8H,3-4H2,1-2H3. The fraction of sp³-hybridized carbons (Fsp3) is 0.286. The van der Waals surface area contributed by atoms with Crippen molar-refractivity contribution in [1.29, 1.82) is 5.26 Å². The smallest absolute Gasteiger partial charge is 0.328 e. The molecule has 0 unspecified atom stereocenters. The lowest BCUT2D eigenvalue weighted by atomic mass is 10.2. The van der Waals surface area contributed by atoms with Crippen LogP contribution in [0.2, 0.25) is 5.28 Å². The van der Waals surface area contributed by atoms with Crippen molar-refractivity contribution in [2.24, 2.45) is 0 Å². The van der Waals surface area contributed by atoms with E-state index in [2.05, 4.69) is 15.0 Å². The van der Waals surface area contributed by atoms with E-state index in [1.165, 1.54) is 0 Å². The Morgan fingerprint density at radius 2 is 1.81 bits per heavy atom. The third-order valence-electron chi connectivity index (χ3n) is 2.81. The molecule has 0 aliphatic heterocycles. The maximum atomic E-state index is 8.76. The van der Waals surface area contributed by atoms with Gasteiger partial charge in [-0.3, -0.25) is 0 Å². The van der Waals surface area contributed by atoms with Gasteiger partial charge in [0.15, 0.2) is 0 Å². The molecular weight excluding hydrogens is 290 g/mol. The van der Waals surface area contributed by atoms with Crippen molar-refractivity contribution < 1.29 is 4.74 Å². The highest BCUT2D eigenvalue weighted by molar-refractivity contribution is 6.28. The zero-order valence-corrected chi connectivity index (χ0v) is 12.5. The molecule has 7 heteroatoms. The van der Waals surface area contributed by atoms with Crippen LogP contribution in [-0.2, 0) is 0 Å². The Balaban J connectivity index is 2.25. The molecule has 0 aliphatic carbocycles. The fourth-order valence-corrected chi connectivity index (χ4v) is 1.87. The second kappa shape index (κ2) is 6.86. The van der Waals surface area contributed by atoms with Crippen molar-refractivity contribution in [3.8, 4) is 17.8 Å². The highest BCUT2D eigenvalue weighted by Crippen LogP contribution is 2.21. The SMILES string of the molecule is CCN(CC)c1nc(Cl)nc(Oc2ccc(C#N)cc2)n1. The van der Waals surface area contributed by atoms with Gasteiger partial charge in [0.25, 0.3) is 0 Å². The van der Waals surface area contributed by atoms with Gasteiger partial charge in [-0.05, 0) is 49.7 Å². The van der Waals surface area contributed by atoms with E-state index in [1.54, 1.807) is 24.3 Å². The molecule has 0 bridgehead atoms. The number of nitrogens with zero attached hydrogens (tertiary/aromatic N) is 5. The molecule has 0 atom stereocenters. The van der Waals surface area contributed by atoms with Gasteiger partial charge in [0, 0.05) is 13.1 Å². The summed E-state index contributed by atoms with van der Waals surface area (Å²) in [5, 5.41) is 8.84. The van der Waals surface area contributed by atoms with E-state index in [1.807, 2.05) is 24.8 Å². The van der Waals surface area contributed by atoms with Crippen LogP contribution in [-0.4, -0.2) is 28.0 Å². The van der Waals surface area contributed by atoms with Gasteiger partial charge in [0.2, 0.25) is 11.2 Å². The Morgan fingerprint density at radius 1 is 1.14 bits per heavy atom. The van der Waals surface area contributed by atoms with E-state index in [-0.39, 0.29) is 11.3 Å². The lowest BCUT2D eigenvalue weighted by Gasteiger charge is -2.18. The van der Waals surface area contributed by atoms with Crippen LogP contribution >= 0.6 is 11.6 Å². The molecule has 1 heterocycles. The number of nitriles is 1. The summed E-state index contributed by atoms with van der Waals surface area (Å²) >= 11 is 5.91. The molecule has 0 fully saturated rings. The van der Waals surface area contributed by atoms with Crippen LogP contribution in [0.3, 0.4) is 0 Å². The predicted octanol–water partition coefficient (Wildman–Crippen LogP) is 3.04. The summed E-state index contributed by atoms with van der Waals surface area (Å²) in [5.74, 6) is 1.01. The minimum Gasteiger partial charge on any atom is -0.424 e. The molecule has 0 N–H and O–H groups in total. The number of hydrogen-bond acceptors (Lipinski definition) is 6. The van der Waals surface area contributed by atoms with E-state index >= 15 is 0 Å². The molecule has 1 aromatic carbocycles. The third kappa shape index (κ3) is 3.80. The van der Waals surface area contributed by atoms with Crippen LogP contribution in [0.1, 0.15) is 19.4 Å². The number of hydrogen-bond donors (Lipinski definition) is 0. The maximum absolute atomic E-state index is 8.76. The van der Waals surface area contributed by atoms with Gasteiger partial charge in [0.1, 0.15) is 5.75 Å². The van der Waals surface area contributed by atoms with Crippen LogP contribution < -0.4 is 9.64 Å². The van der Waals surface area contributed by atoms with Gasteiger partial charge < -0.3 is 9.64 Å². The molecule has 0 spiro atoms. The summed E-state index contributed by atoms with van der Waals surface area (Å²) < 4.78 is 5.56. The number of ether oxygens (including phenoxy) is 1. The molecule has 0 amide bonds. The van der Waals surface area contributed by atoms with Gasteiger partial charge >= 0.3 is 6.01 Å². The minimum absolute atomic E-state index is 0.0792. The molecule has 2 rings (SSSR count). The highest BCUT2D eigenvalue weighted by Gasteiger charge is 2.11. The van der Waals surface area contributed by atoms with Gasteiger partial charge in [-0.1, -0.05) is 0 Å². The van der Waals surface area contributed by atoms with Crippen LogP contribution in [0.15, 0.2) is 24.3 Å². The van der Waals surface area contributed by atoms with Gasteiger partial charge in [-0.2, -0.15) is 20.2 Å². The first kappa shape index (κ1) is 15.0. The van der Waals surface area contributed by atoms with Crippen LogP contribution in [0, 0.1) is 11.3 Å². The molecule has 108 valence electrons. The highest BCUT2D eigenvalue weighted by atomic mass is 35.5. The quantitative estimate of drug-likeness (QED) is 0.845. The minimum atomic E-state index is 0.0792. The number of anilines is 1. The Bertz CT molecular complexity index is 649. The van der Waals surface area contributed by atoms with Crippen LogP contribution in [0.25, 0.3) is 0 Å². The number of halogens is 1. The predicted molar refractivity (Wildman–Crippen MR) is 79.6 cm³/mol. The number of rotatable bonds is 5. The first-order valence-electron chi connectivity index (χ1n) is 6.50. The average Bonchev–Trinajstić information content (AvgIpc) is 2.49. The Kier molecular flexibility index (Phi) is 4.90. The van der Waals surface area contributed by atoms with Gasteiger partial charge in [-0.25, -0.2) is 0 Å². The van der Waals surface area contributed by atoms with Gasteiger partial charge in [0.05, 0.1) is 11.6 Å². The molecule has 6 nitrogen and oxygen atoms in total. The van der Waals surface area contributed by atoms with E-state index in [9.17, 15) is 0 Å². The second-order valence-electron chi connectivity index (χ2n) is 4.10. The number of benzene rings is 1. The van der Waals surface area contributed by atoms with E-state index in [0.717, 1.165) is 13.1 Å². The first-order chi connectivity index (χ1) is 10.2. The van der Waals surface area contributed by atoms with E-state index in [0.29, 0.717) is 17.3 Å². The average molecular weight is 304 g/mol. The van der Waals surface area contributed by atoms with Gasteiger partial charge in [-0.15, -0.1) is 0 Å². The summed E-state index contributed by atoms with van der Waals surface area (Å²) in [5.41, 5.74) is 0.555.